The standard InChI is InChI=1S/C13H25N3O/c1-15-13(17)12-8-5-9-16(12)11-7-4-2-3-6-10(11)14/h10-12H,2-9,14H2,1H3,(H,15,17). The topological polar surface area (TPSA) is 58.4 Å². The summed E-state index contributed by atoms with van der Waals surface area (Å²) in [4.78, 5) is 14.2. The van der Waals surface area contributed by atoms with Crippen LogP contribution in [0.4, 0.5) is 0 Å². The number of likely N-dealkylation sites (tertiary alicyclic amines) is 1. The molecule has 2 rings (SSSR count). The Morgan fingerprint density at radius 1 is 1.18 bits per heavy atom. The molecule has 3 atom stereocenters. The van der Waals surface area contributed by atoms with E-state index in [-0.39, 0.29) is 18.0 Å². The molecule has 2 aliphatic rings. The van der Waals surface area contributed by atoms with Gasteiger partial charge in [0, 0.05) is 19.1 Å². The number of nitrogens with zero attached hydrogens (tertiary/aromatic N) is 1. The highest BCUT2D eigenvalue weighted by molar-refractivity contribution is 5.81. The minimum absolute atomic E-state index is 0.0640. The van der Waals surface area contributed by atoms with E-state index in [4.69, 9.17) is 5.73 Å². The van der Waals surface area contributed by atoms with Crippen LogP contribution in [0.25, 0.3) is 0 Å². The second-order valence-corrected chi connectivity index (χ2v) is 5.38. The maximum atomic E-state index is 11.9. The molecule has 0 radical (unpaired) electrons. The predicted molar refractivity (Wildman–Crippen MR) is 68.6 cm³/mol. The Morgan fingerprint density at radius 2 is 1.94 bits per heavy atom. The Hall–Kier alpha value is -0.610. The van der Waals surface area contributed by atoms with Gasteiger partial charge in [-0.25, -0.2) is 0 Å². The molecule has 0 bridgehead atoms. The van der Waals surface area contributed by atoms with Crippen LogP contribution in [0.15, 0.2) is 0 Å². The number of carbonyl (C=O) groups excluding carboxylic acids is 1. The SMILES string of the molecule is CNC(=O)C1CCCN1C1CCCCCC1N. The highest BCUT2D eigenvalue weighted by atomic mass is 16.2. The van der Waals surface area contributed by atoms with Crippen LogP contribution in [0.1, 0.15) is 44.9 Å². The minimum atomic E-state index is 0.0640. The number of nitrogens with two attached hydrogens (primary N) is 1. The number of amides is 1. The van der Waals surface area contributed by atoms with Crippen LogP contribution in [0.3, 0.4) is 0 Å². The van der Waals surface area contributed by atoms with Gasteiger partial charge in [0.1, 0.15) is 0 Å². The molecule has 1 saturated heterocycles. The summed E-state index contributed by atoms with van der Waals surface area (Å²) in [5.74, 6) is 0.166. The smallest absolute Gasteiger partial charge is 0.237 e. The first-order valence-electron chi connectivity index (χ1n) is 6.97. The van der Waals surface area contributed by atoms with Gasteiger partial charge in [-0.1, -0.05) is 19.3 Å². The number of hydrogen-bond donors (Lipinski definition) is 2. The van der Waals surface area contributed by atoms with Crippen LogP contribution in [0.2, 0.25) is 0 Å². The van der Waals surface area contributed by atoms with Crippen molar-refractivity contribution in [3.05, 3.63) is 0 Å². The Labute approximate surface area is 104 Å². The fourth-order valence-electron chi connectivity index (χ4n) is 3.36. The summed E-state index contributed by atoms with van der Waals surface area (Å²) in [6.45, 7) is 1.04. The lowest BCUT2D eigenvalue weighted by Crippen LogP contribution is -2.53. The maximum Gasteiger partial charge on any atom is 0.237 e. The first-order chi connectivity index (χ1) is 8.24. The van der Waals surface area contributed by atoms with E-state index in [0.717, 1.165) is 32.2 Å². The van der Waals surface area contributed by atoms with E-state index in [2.05, 4.69) is 10.2 Å². The van der Waals surface area contributed by atoms with Gasteiger partial charge >= 0.3 is 0 Å². The van der Waals surface area contributed by atoms with Gasteiger partial charge in [0.25, 0.3) is 0 Å². The molecule has 3 N–H and O–H groups in total. The second-order valence-electron chi connectivity index (χ2n) is 5.38. The van der Waals surface area contributed by atoms with Crippen molar-refractivity contribution in [2.24, 2.45) is 5.73 Å². The third-order valence-corrected chi connectivity index (χ3v) is 4.30. The molecular weight excluding hydrogens is 214 g/mol. The molecule has 98 valence electrons. The van der Waals surface area contributed by atoms with Crippen molar-refractivity contribution in [3.8, 4) is 0 Å². The number of hydrogen-bond acceptors (Lipinski definition) is 3. The molecule has 17 heavy (non-hydrogen) atoms. The van der Waals surface area contributed by atoms with Crippen LogP contribution in [0.5, 0.6) is 0 Å². The van der Waals surface area contributed by atoms with Crippen molar-refractivity contribution in [2.75, 3.05) is 13.6 Å². The normalized spacial score (nSPS) is 35.5. The van der Waals surface area contributed by atoms with Gasteiger partial charge in [0.05, 0.1) is 6.04 Å². The van der Waals surface area contributed by atoms with Gasteiger partial charge in [-0.15, -0.1) is 0 Å². The van der Waals surface area contributed by atoms with Crippen LogP contribution >= 0.6 is 0 Å². The fourth-order valence-corrected chi connectivity index (χ4v) is 3.36. The van der Waals surface area contributed by atoms with E-state index in [9.17, 15) is 4.79 Å². The summed E-state index contributed by atoms with van der Waals surface area (Å²) in [5, 5.41) is 2.79. The van der Waals surface area contributed by atoms with E-state index in [1.54, 1.807) is 7.05 Å². The zero-order valence-corrected chi connectivity index (χ0v) is 10.8. The van der Waals surface area contributed by atoms with Gasteiger partial charge in [-0.3, -0.25) is 9.69 Å². The van der Waals surface area contributed by atoms with Crippen LogP contribution < -0.4 is 11.1 Å². The first-order valence-corrected chi connectivity index (χ1v) is 6.97. The lowest BCUT2D eigenvalue weighted by Gasteiger charge is -2.35. The Bertz CT molecular complexity index is 269. The first kappa shape index (κ1) is 12.8. The molecule has 1 aliphatic carbocycles. The van der Waals surface area contributed by atoms with Crippen LogP contribution in [0, 0.1) is 0 Å². The zero-order chi connectivity index (χ0) is 12.3. The van der Waals surface area contributed by atoms with Crippen LogP contribution in [-0.2, 0) is 4.79 Å². The third kappa shape index (κ3) is 2.80. The molecule has 3 unspecified atom stereocenters. The lowest BCUT2D eigenvalue weighted by atomic mass is 10.0. The zero-order valence-electron chi connectivity index (χ0n) is 10.8. The number of nitrogens with one attached hydrogen (secondary N) is 1. The summed E-state index contributed by atoms with van der Waals surface area (Å²) < 4.78 is 0. The highest BCUT2D eigenvalue weighted by Gasteiger charge is 2.37. The maximum absolute atomic E-state index is 11.9. The molecule has 4 nitrogen and oxygen atoms in total. The molecule has 0 aromatic carbocycles. The quantitative estimate of drug-likeness (QED) is 0.703. The summed E-state index contributed by atoms with van der Waals surface area (Å²) in [7, 11) is 1.73. The van der Waals surface area contributed by atoms with Crippen molar-refractivity contribution < 1.29 is 4.79 Å². The van der Waals surface area contributed by atoms with E-state index in [0.29, 0.717) is 6.04 Å². The Balaban J connectivity index is 2.05. The number of rotatable bonds is 2. The van der Waals surface area contributed by atoms with Gasteiger partial charge in [-0.2, -0.15) is 0 Å². The Kier molecular flexibility index (Phi) is 4.40. The van der Waals surface area contributed by atoms with Gasteiger partial charge < -0.3 is 11.1 Å². The second kappa shape index (κ2) is 5.83. The fraction of sp³-hybridized carbons (Fsp3) is 0.923. The van der Waals surface area contributed by atoms with E-state index < -0.39 is 0 Å². The average Bonchev–Trinajstić information content (AvgIpc) is 2.72. The van der Waals surface area contributed by atoms with E-state index >= 15 is 0 Å². The summed E-state index contributed by atoms with van der Waals surface area (Å²) in [6, 6.07) is 0.735. The van der Waals surface area contributed by atoms with E-state index in [1.165, 1.54) is 19.3 Å². The van der Waals surface area contributed by atoms with Crippen molar-refractivity contribution in [2.45, 2.75) is 63.1 Å². The summed E-state index contributed by atoms with van der Waals surface area (Å²) in [6.07, 6.45) is 8.19. The molecule has 1 saturated carbocycles. The van der Waals surface area contributed by atoms with Gasteiger partial charge in [0.15, 0.2) is 0 Å². The number of likely N-dealkylation sites (N-methyl/N-ethyl adjacent to an activating group) is 1. The van der Waals surface area contributed by atoms with Crippen molar-refractivity contribution in [3.63, 3.8) is 0 Å². The molecule has 2 fully saturated rings. The largest absolute Gasteiger partial charge is 0.358 e. The average molecular weight is 239 g/mol. The molecule has 0 aromatic rings. The van der Waals surface area contributed by atoms with Crippen LogP contribution in [-0.4, -0.2) is 42.5 Å². The molecule has 4 heteroatoms. The predicted octanol–water partition coefficient (Wildman–Crippen LogP) is 0.857. The number of carbonyl (C=O) groups is 1. The molecule has 0 spiro atoms. The van der Waals surface area contributed by atoms with Gasteiger partial charge in [-0.05, 0) is 32.2 Å². The van der Waals surface area contributed by atoms with Gasteiger partial charge in [0.2, 0.25) is 5.91 Å². The molecule has 1 aliphatic heterocycles. The summed E-state index contributed by atoms with van der Waals surface area (Å²) in [5.41, 5.74) is 6.29. The molecule has 1 heterocycles. The monoisotopic (exact) mass is 239 g/mol. The minimum Gasteiger partial charge on any atom is -0.358 e. The highest BCUT2D eigenvalue weighted by Crippen LogP contribution is 2.28. The molecule has 1 amide bonds. The third-order valence-electron chi connectivity index (χ3n) is 4.30. The molecular formula is C13H25N3O. The van der Waals surface area contributed by atoms with Crippen molar-refractivity contribution in [1.82, 2.24) is 10.2 Å². The van der Waals surface area contributed by atoms with Crippen molar-refractivity contribution >= 4 is 5.91 Å². The molecule has 0 aromatic heterocycles. The Morgan fingerprint density at radius 3 is 2.71 bits per heavy atom. The van der Waals surface area contributed by atoms with E-state index in [1.807, 2.05) is 0 Å². The van der Waals surface area contributed by atoms with Crippen molar-refractivity contribution in [1.29, 1.82) is 0 Å². The lowest BCUT2D eigenvalue weighted by molar-refractivity contribution is -0.125. The summed E-state index contributed by atoms with van der Waals surface area (Å²) >= 11 is 0.